The molecule has 0 heterocycles. The summed E-state index contributed by atoms with van der Waals surface area (Å²) in [5.74, 6) is 0.212. The second-order valence-corrected chi connectivity index (χ2v) is 9.01. The normalized spacial score (nSPS) is 20.8. The Kier molecular flexibility index (Phi) is 15.4. The number of hydrogen-bond donors (Lipinski definition) is 6. The van der Waals surface area contributed by atoms with E-state index in [-0.39, 0.29) is 24.3 Å². The fraction of sp³-hybridized carbons (Fsp3) is 1.00. The molecule has 0 fully saturated rings. The number of rotatable bonds is 17. The molecular formula is C22H47NO5. The van der Waals surface area contributed by atoms with Gasteiger partial charge in [-0.3, -0.25) is 0 Å². The van der Waals surface area contributed by atoms with Gasteiger partial charge in [-0.05, 0) is 50.9 Å². The summed E-state index contributed by atoms with van der Waals surface area (Å²) in [7, 11) is 0. The molecule has 0 amide bonds. The van der Waals surface area contributed by atoms with Crippen molar-refractivity contribution in [2.75, 3.05) is 0 Å². The summed E-state index contributed by atoms with van der Waals surface area (Å²) in [6.07, 6.45) is 4.10. The van der Waals surface area contributed by atoms with Gasteiger partial charge in [0.2, 0.25) is 0 Å². The third kappa shape index (κ3) is 13.1. The molecular weight excluding hydrogens is 358 g/mol. The largest absolute Gasteiger partial charge is 0.393 e. The van der Waals surface area contributed by atoms with E-state index >= 15 is 0 Å². The second-order valence-electron chi connectivity index (χ2n) is 9.01. The Labute approximate surface area is 172 Å². The van der Waals surface area contributed by atoms with Crippen LogP contribution in [0, 0.1) is 11.8 Å². The van der Waals surface area contributed by atoms with Crippen LogP contribution < -0.4 is 5.73 Å². The van der Waals surface area contributed by atoms with Gasteiger partial charge >= 0.3 is 0 Å². The molecule has 0 aromatic rings. The summed E-state index contributed by atoms with van der Waals surface area (Å²) < 4.78 is 0. The van der Waals surface area contributed by atoms with E-state index in [0.29, 0.717) is 25.7 Å². The van der Waals surface area contributed by atoms with Gasteiger partial charge in [-0.15, -0.1) is 0 Å². The van der Waals surface area contributed by atoms with Crippen LogP contribution in [-0.2, 0) is 0 Å². The first-order valence-electron chi connectivity index (χ1n) is 11.2. The average Bonchev–Trinajstić information content (AvgIpc) is 2.62. The van der Waals surface area contributed by atoms with Crippen molar-refractivity contribution < 1.29 is 25.5 Å². The molecule has 8 atom stereocenters. The lowest BCUT2D eigenvalue weighted by Crippen LogP contribution is -2.34. The van der Waals surface area contributed by atoms with Gasteiger partial charge in [0.05, 0.1) is 30.5 Å². The Bertz CT molecular complexity index is 369. The minimum absolute atomic E-state index is 0.0827. The first-order valence-corrected chi connectivity index (χ1v) is 11.2. The minimum Gasteiger partial charge on any atom is -0.393 e. The smallest absolute Gasteiger partial charge is 0.0824 e. The highest BCUT2D eigenvalue weighted by atomic mass is 16.3. The third-order valence-corrected chi connectivity index (χ3v) is 5.75. The van der Waals surface area contributed by atoms with Gasteiger partial charge < -0.3 is 31.3 Å². The van der Waals surface area contributed by atoms with E-state index in [1.807, 2.05) is 13.8 Å². The predicted octanol–water partition coefficient (Wildman–Crippen LogP) is 2.33. The van der Waals surface area contributed by atoms with E-state index in [9.17, 15) is 25.5 Å². The summed E-state index contributed by atoms with van der Waals surface area (Å²) in [6.45, 7) is 7.81. The van der Waals surface area contributed by atoms with Gasteiger partial charge in [-0.25, -0.2) is 0 Å². The fourth-order valence-corrected chi connectivity index (χ4v) is 3.68. The molecule has 0 aliphatic heterocycles. The number of unbranched alkanes of at least 4 members (excludes halogenated alkanes) is 2. The highest BCUT2D eigenvalue weighted by Crippen LogP contribution is 2.22. The molecule has 0 unspecified atom stereocenters. The van der Waals surface area contributed by atoms with Gasteiger partial charge in [0.15, 0.2) is 0 Å². The number of hydrogen-bond acceptors (Lipinski definition) is 6. The molecule has 0 rings (SSSR count). The number of aliphatic hydroxyl groups excluding tert-OH is 5. The van der Waals surface area contributed by atoms with Crippen molar-refractivity contribution in [1.82, 2.24) is 0 Å². The van der Waals surface area contributed by atoms with E-state index in [0.717, 1.165) is 32.1 Å². The maximum absolute atomic E-state index is 10.3. The zero-order valence-corrected chi connectivity index (χ0v) is 18.5. The highest BCUT2D eigenvalue weighted by molar-refractivity contribution is 4.76. The lowest BCUT2D eigenvalue weighted by molar-refractivity contribution is -0.0288. The number of nitrogens with two attached hydrogens (primary N) is 1. The molecule has 0 bridgehead atoms. The van der Waals surface area contributed by atoms with E-state index in [1.54, 1.807) is 6.92 Å². The fourth-order valence-electron chi connectivity index (χ4n) is 3.68. The van der Waals surface area contributed by atoms with E-state index in [2.05, 4.69) is 6.92 Å². The van der Waals surface area contributed by atoms with E-state index < -0.39 is 30.5 Å². The molecule has 0 radical (unpaired) electrons. The van der Waals surface area contributed by atoms with E-state index in [4.69, 9.17) is 5.73 Å². The van der Waals surface area contributed by atoms with Crippen molar-refractivity contribution in [3.05, 3.63) is 0 Å². The zero-order chi connectivity index (χ0) is 21.7. The summed E-state index contributed by atoms with van der Waals surface area (Å²) >= 11 is 0. The van der Waals surface area contributed by atoms with Gasteiger partial charge in [0.25, 0.3) is 0 Å². The van der Waals surface area contributed by atoms with Crippen molar-refractivity contribution in [3.8, 4) is 0 Å². The molecule has 0 spiro atoms. The summed E-state index contributed by atoms with van der Waals surface area (Å²) in [4.78, 5) is 0. The van der Waals surface area contributed by atoms with Crippen molar-refractivity contribution in [2.24, 2.45) is 17.6 Å². The maximum atomic E-state index is 10.3. The van der Waals surface area contributed by atoms with Crippen LogP contribution in [-0.4, -0.2) is 62.1 Å². The van der Waals surface area contributed by atoms with Crippen molar-refractivity contribution >= 4 is 0 Å². The Morgan fingerprint density at radius 1 is 0.679 bits per heavy atom. The third-order valence-electron chi connectivity index (χ3n) is 5.75. The van der Waals surface area contributed by atoms with Crippen LogP contribution in [0.4, 0.5) is 0 Å². The van der Waals surface area contributed by atoms with E-state index in [1.165, 1.54) is 0 Å². The molecule has 0 saturated carbocycles. The minimum atomic E-state index is -0.749. The van der Waals surface area contributed by atoms with Crippen LogP contribution in [0.5, 0.6) is 0 Å². The Morgan fingerprint density at radius 2 is 1.21 bits per heavy atom. The predicted molar refractivity (Wildman–Crippen MR) is 114 cm³/mol. The highest BCUT2D eigenvalue weighted by Gasteiger charge is 2.25. The Hall–Kier alpha value is -0.240. The molecule has 6 heteroatoms. The molecule has 170 valence electrons. The summed E-state index contributed by atoms with van der Waals surface area (Å²) in [5.41, 5.74) is 5.59. The topological polar surface area (TPSA) is 127 Å². The monoisotopic (exact) mass is 405 g/mol. The first-order chi connectivity index (χ1) is 13.1. The second kappa shape index (κ2) is 15.6. The Balaban J connectivity index is 3.98. The summed E-state index contributed by atoms with van der Waals surface area (Å²) in [6, 6.07) is -0.346. The quantitative estimate of drug-likeness (QED) is 0.206. The summed E-state index contributed by atoms with van der Waals surface area (Å²) in [5, 5.41) is 50.3. The van der Waals surface area contributed by atoms with Crippen LogP contribution >= 0.6 is 0 Å². The van der Waals surface area contributed by atoms with Crippen molar-refractivity contribution in [3.63, 3.8) is 0 Å². The lowest BCUT2D eigenvalue weighted by Gasteiger charge is -2.26. The number of aliphatic hydroxyl groups is 5. The molecule has 0 aliphatic carbocycles. The SMILES string of the molecule is CCCC[C@H](C)[C@H](O)[C@H](O)C[C@H](C)C[C@@H](O)CCCC[C@@H](O)C[C@H](O)[C@H](C)N. The molecule has 0 saturated heterocycles. The van der Waals surface area contributed by atoms with Crippen LogP contribution in [0.1, 0.15) is 91.9 Å². The Morgan fingerprint density at radius 3 is 1.71 bits per heavy atom. The molecule has 6 nitrogen and oxygen atoms in total. The van der Waals surface area contributed by atoms with Gasteiger partial charge in [0, 0.05) is 12.5 Å². The zero-order valence-electron chi connectivity index (χ0n) is 18.5. The molecule has 7 N–H and O–H groups in total. The van der Waals surface area contributed by atoms with Gasteiger partial charge in [-0.2, -0.15) is 0 Å². The van der Waals surface area contributed by atoms with Gasteiger partial charge in [-0.1, -0.05) is 46.5 Å². The standard InChI is InChI=1S/C22H47NO5/c1-5-6-9-16(3)22(28)21(27)13-15(2)12-18(24)10-7-8-11-19(25)14-20(26)17(4)23/h15-22,24-28H,5-14,23H2,1-4H3/t15-,16+,17+,18+,19-,20+,21-,22+/m1/s1. The van der Waals surface area contributed by atoms with Crippen LogP contribution in [0.2, 0.25) is 0 Å². The maximum Gasteiger partial charge on any atom is 0.0824 e. The van der Waals surface area contributed by atoms with Crippen LogP contribution in [0.3, 0.4) is 0 Å². The molecule has 0 aliphatic rings. The lowest BCUT2D eigenvalue weighted by atomic mass is 9.88. The first kappa shape index (κ1) is 27.8. The van der Waals surface area contributed by atoms with Crippen LogP contribution in [0.15, 0.2) is 0 Å². The molecule has 0 aromatic carbocycles. The van der Waals surface area contributed by atoms with Gasteiger partial charge in [0.1, 0.15) is 0 Å². The molecule has 0 aromatic heterocycles. The van der Waals surface area contributed by atoms with Crippen LogP contribution in [0.25, 0.3) is 0 Å². The van der Waals surface area contributed by atoms with Crippen molar-refractivity contribution in [1.29, 1.82) is 0 Å². The van der Waals surface area contributed by atoms with Crippen molar-refractivity contribution in [2.45, 2.75) is 128 Å². The molecule has 28 heavy (non-hydrogen) atoms. The average molecular weight is 406 g/mol.